The van der Waals surface area contributed by atoms with Crippen molar-refractivity contribution in [3.8, 4) is 0 Å². The fourth-order valence-electron chi connectivity index (χ4n) is 2.97. The number of aryl methyl sites for hydroxylation is 1. The van der Waals surface area contributed by atoms with Crippen LogP contribution in [-0.4, -0.2) is 36.5 Å². The molecule has 0 bridgehead atoms. The normalized spacial score (nSPS) is 18.2. The monoisotopic (exact) mass is 302 g/mol. The molecule has 0 aromatic heterocycles. The Hall–Kier alpha value is -1.55. The lowest BCUT2D eigenvalue weighted by Gasteiger charge is -2.32. The Morgan fingerprint density at radius 1 is 1.32 bits per heavy atom. The van der Waals surface area contributed by atoms with Crippen molar-refractivity contribution in [2.75, 3.05) is 25.0 Å². The van der Waals surface area contributed by atoms with Crippen LogP contribution in [0.1, 0.15) is 45.1 Å². The molecule has 3 N–H and O–H groups in total. The van der Waals surface area contributed by atoms with Gasteiger partial charge in [0.05, 0.1) is 0 Å². The van der Waals surface area contributed by atoms with Crippen LogP contribution in [0, 0.1) is 0 Å². The topological polar surface area (TPSA) is 53.6 Å². The number of benzene rings is 1. The highest BCUT2D eigenvalue weighted by Crippen LogP contribution is 2.14. The average molecular weight is 302 g/mol. The maximum Gasteiger partial charge on any atom is 0.193 e. The molecule has 22 heavy (non-hydrogen) atoms. The number of hydrogen-bond acceptors (Lipinski definition) is 2. The number of guanidine groups is 1. The molecule has 1 fully saturated rings. The molecule has 1 saturated heterocycles. The number of piperidine rings is 1. The van der Waals surface area contributed by atoms with Crippen LogP contribution in [0.3, 0.4) is 0 Å². The summed E-state index contributed by atoms with van der Waals surface area (Å²) in [6, 6.07) is 8.92. The number of anilines is 1. The summed E-state index contributed by atoms with van der Waals surface area (Å²) < 4.78 is 0. The first-order chi connectivity index (χ1) is 10.7. The average Bonchev–Trinajstić information content (AvgIpc) is 2.55. The summed E-state index contributed by atoms with van der Waals surface area (Å²) in [5, 5.41) is 3.18. The zero-order chi connectivity index (χ0) is 15.8. The van der Waals surface area contributed by atoms with Gasteiger partial charge < -0.3 is 16.0 Å². The summed E-state index contributed by atoms with van der Waals surface area (Å²) in [5.41, 5.74) is 8.31. The van der Waals surface area contributed by atoms with Gasteiger partial charge in [-0.15, -0.1) is 0 Å². The fraction of sp³-hybridized carbons (Fsp3) is 0.611. The van der Waals surface area contributed by atoms with Gasteiger partial charge >= 0.3 is 0 Å². The number of rotatable bonds is 6. The van der Waals surface area contributed by atoms with Crippen molar-refractivity contribution in [1.29, 1.82) is 0 Å². The second kappa shape index (κ2) is 8.79. The first-order valence-electron chi connectivity index (χ1n) is 8.59. The summed E-state index contributed by atoms with van der Waals surface area (Å²) in [7, 11) is 0. The lowest BCUT2D eigenvalue weighted by molar-refractivity contribution is 0.168. The van der Waals surface area contributed by atoms with Gasteiger partial charge in [-0.1, -0.05) is 25.5 Å². The minimum atomic E-state index is 0.513. The molecule has 0 aliphatic carbocycles. The first kappa shape index (κ1) is 16.8. The predicted molar refractivity (Wildman–Crippen MR) is 95.4 cm³/mol. The molecular weight excluding hydrogens is 272 g/mol. The summed E-state index contributed by atoms with van der Waals surface area (Å²) in [5.74, 6) is 0.513. The van der Waals surface area contributed by atoms with Crippen molar-refractivity contribution in [3.05, 3.63) is 29.8 Å². The first-order valence-corrected chi connectivity index (χ1v) is 8.59. The fourth-order valence-corrected chi connectivity index (χ4v) is 2.97. The number of nitrogens with one attached hydrogen (secondary N) is 1. The zero-order valence-electron chi connectivity index (χ0n) is 14.0. The Labute approximate surface area is 134 Å². The molecule has 1 aromatic rings. The highest BCUT2D eigenvalue weighted by Gasteiger charge is 2.15. The maximum absolute atomic E-state index is 5.99. The van der Waals surface area contributed by atoms with Crippen molar-refractivity contribution < 1.29 is 0 Å². The van der Waals surface area contributed by atoms with E-state index in [1.807, 2.05) is 12.1 Å². The van der Waals surface area contributed by atoms with E-state index < -0.39 is 0 Å². The lowest BCUT2D eigenvalue weighted by Crippen LogP contribution is -2.37. The van der Waals surface area contributed by atoms with Crippen molar-refractivity contribution in [2.24, 2.45) is 10.7 Å². The Morgan fingerprint density at radius 2 is 2.09 bits per heavy atom. The van der Waals surface area contributed by atoms with E-state index >= 15 is 0 Å². The van der Waals surface area contributed by atoms with E-state index in [0.29, 0.717) is 12.0 Å². The zero-order valence-corrected chi connectivity index (χ0v) is 14.0. The van der Waals surface area contributed by atoms with Crippen LogP contribution >= 0.6 is 0 Å². The van der Waals surface area contributed by atoms with Gasteiger partial charge in [-0.3, -0.25) is 4.99 Å². The molecule has 1 unspecified atom stereocenters. The Balaban J connectivity index is 1.76. The molecule has 122 valence electrons. The van der Waals surface area contributed by atoms with Gasteiger partial charge in [0, 0.05) is 18.3 Å². The Kier molecular flexibility index (Phi) is 6.72. The van der Waals surface area contributed by atoms with Crippen molar-refractivity contribution in [2.45, 2.75) is 52.0 Å². The molecule has 0 saturated carbocycles. The molecule has 4 nitrogen and oxygen atoms in total. The summed E-state index contributed by atoms with van der Waals surface area (Å²) >= 11 is 0. The predicted octanol–water partition coefficient (Wildman–Crippen LogP) is 3.24. The van der Waals surface area contributed by atoms with E-state index in [2.05, 4.69) is 41.2 Å². The molecule has 1 aliphatic heterocycles. The molecule has 1 heterocycles. The number of aliphatic imine (C=N–C) groups is 1. The van der Waals surface area contributed by atoms with E-state index in [4.69, 9.17) is 5.73 Å². The number of nitrogens with two attached hydrogens (primary N) is 1. The lowest BCUT2D eigenvalue weighted by atomic mass is 10.1. The molecule has 2 rings (SSSR count). The van der Waals surface area contributed by atoms with Crippen LogP contribution in [0.5, 0.6) is 0 Å². The van der Waals surface area contributed by atoms with Gasteiger partial charge in [-0.2, -0.15) is 0 Å². The third-order valence-corrected chi connectivity index (χ3v) is 4.45. The van der Waals surface area contributed by atoms with Gasteiger partial charge in [0.1, 0.15) is 0 Å². The third-order valence-electron chi connectivity index (χ3n) is 4.45. The minimum absolute atomic E-state index is 0.513. The molecule has 1 atom stereocenters. The summed E-state index contributed by atoms with van der Waals surface area (Å²) in [4.78, 5) is 7.04. The summed E-state index contributed by atoms with van der Waals surface area (Å²) in [6.07, 6.45) is 6.16. The van der Waals surface area contributed by atoms with Gasteiger partial charge in [0.15, 0.2) is 5.96 Å². The van der Waals surface area contributed by atoms with E-state index in [9.17, 15) is 0 Å². The largest absolute Gasteiger partial charge is 0.370 e. The highest BCUT2D eigenvalue weighted by molar-refractivity contribution is 5.92. The Morgan fingerprint density at radius 3 is 2.82 bits per heavy atom. The van der Waals surface area contributed by atoms with E-state index in [0.717, 1.165) is 25.1 Å². The molecule has 1 aliphatic rings. The van der Waals surface area contributed by atoms with Crippen LogP contribution in [0.15, 0.2) is 29.3 Å². The molecule has 1 aromatic carbocycles. The van der Waals surface area contributed by atoms with Crippen LogP contribution in [0.2, 0.25) is 0 Å². The second-order valence-corrected chi connectivity index (χ2v) is 6.18. The quantitative estimate of drug-likeness (QED) is 0.626. The van der Waals surface area contributed by atoms with E-state index in [-0.39, 0.29) is 0 Å². The minimum Gasteiger partial charge on any atom is -0.370 e. The second-order valence-electron chi connectivity index (χ2n) is 6.18. The van der Waals surface area contributed by atoms with Crippen molar-refractivity contribution in [3.63, 3.8) is 0 Å². The Bertz CT molecular complexity index is 478. The summed E-state index contributed by atoms with van der Waals surface area (Å²) in [6.45, 7) is 7.71. The molecule has 0 radical (unpaired) electrons. The number of likely N-dealkylation sites (tertiary alicyclic amines) is 1. The smallest absolute Gasteiger partial charge is 0.193 e. The highest BCUT2D eigenvalue weighted by atomic mass is 15.2. The van der Waals surface area contributed by atoms with Crippen LogP contribution in [0.25, 0.3) is 0 Å². The van der Waals surface area contributed by atoms with E-state index in [1.165, 1.54) is 37.9 Å². The molecule has 0 amide bonds. The van der Waals surface area contributed by atoms with Crippen LogP contribution in [-0.2, 0) is 6.42 Å². The van der Waals surface area contributed by atoms with Gasteiger partial charge in [-0.25, -0.2) is 0 Å². The third kappa shape index (κ3) is 5.34. The van der Waals surface area contributed by atoms with Crippen LogP contribution in [0.4, 0.5) is 5.69 Å². The molecular formula is C18H30N4. The number of nitrogens with zero attached hydrogens (tertiary/aromatic N) is 2. The van der Waals surface area contributed by atoms with Crippen molar-refractivity contribution in [1.82, 2.24) is 4.90 Å². The number of hydrogen-bond donors (Lipinski definition) is 2. The maximum atomic E-state index is 5.99. The van der Waals surface area contributed by atoms with Gasteiger partial charge in [0.2, 0.25) is 0 Å². The van der Waals surface area contributed by atoms with Gasteiger partial charge in [0.25, 0.3) is 0 Å². The standard InChI is InChI=1S/C18H30N4/c1-3-16-8-7-9-17(14-16)21-18(19)20-11-10-15(2)22-12-5-4-6-13-22/h7-9,14-15H,3-6,10-13H2,1-2H3,(H3,19,20,21). The molecule has 4 heteroatoms. The van der Waals surface area contributed by atoms with Gasteiger partial charge in [-0.05, 0) is 63.4 Å². The van der Waals surface area contributed by atoms with Crippen molar-refractivity contribution >= 4 is 11.6 Å². The molecule has 0 spiro atoms. The van der Waals surface area contributed by atoms with Crippen LogP contribution < -0.4 is 11.1 Å². The van der Waals surface area contributed by atoms with E-state index in [1.54, 1.807) is 0 Å². The SMILES string of the molecule is CCc1cccc(NC(N)=NCCC(C)N2CCCCC2)c1.